The maximum Gasteiger partial charge on any atom is 0.330 e. The van der Waals surface area contributed by atoms with Crippen LogP contribution in [0.25, 0.3) is 0 Å². The topological polar surface area (TPSA) is 151 Å². The Labute approximate surface area is 149 Å². The van der Waals surface area contributed by atoms with Crippen LogP contribution in [-0.4, -0.2) is 62.4 Å². The van der Waals surface area contributed by atoms with Crippen LogP contribution >= 0.6 is 0 Å². The van der Waals surface area contributed by atoms with E-state index in [1.165, 1.54) is 6.20 Å². The lowest BCUT2D eigenvalue weighted by Gasteiger charge is -2.33. The van der Waals surface area contributed by atoms with Crippen molar-refractivity contribution >= 4 is 5.97 Å². The van der Waals surface area contributed by atoms with Crippen LogP contribution in [0.3, 0.4) is 0 Å². The molecule has 1 aliphatic heterocycles. The minimum Gasteiger partial charge on any atom is -0.466 e. The van der Waals surface area contributed by atoms with Crippen LogP contribution in [0.2, 0.25) is 0 Å². The molecule has 2 rings (SSSR count). The number of nitrogens with zero attached hydrogens (tertiary/aromatic N) is 1. The summed E-state index contributed by atoms with van der Waals surface area (Å²) in [6, 6.07) is 1.09. The number of aliphatic hydroxyl groups is 3. The molecule has 0 aliphatic carbocycles. The summed E-state index contributed by atoms with van der Waals surface area (Å²) in [6.07, 6.45) is -1.83. The lowest BCUT2D eigenvalue weighted by Crippen LogP contribution is -2.51. The number of carbonyl (C=O) groups excluding carboxylic acids is 1. The highest BCUT2D eigenvalue weighted by Gasteiger charge is 2.55. The van der Waals surface area contributed by atoms with Crippen LogP contribution in [0.15, 0.2) is 21.9 Å². The highest BCUT2D eigenvalue weighted by atomic mass is 16.6. The Hall–Kier alpha value is -2.01. The second-order valence-corrected chi connectivity index (χ2v) is 6.11. The molecule has 1 fully saturated rings. The average Bonchev–Trinajstić information content (AvgIpc) is 2.84. The predicted molar refractivity (Wildman–Crippen MR) is 88.4 cm³/mol. The molecule has 0 aromatic carbocycles. The van der Waals surface area contributed by atoms with Crippen molar-refractivity contribution in [3.8, 4) is 0 Å². The molecule has 0 unspecified atom stereocenters. The Morgan fingerprint density at radius 1 is 1.38 bits per heavy atom. The van der Waals surface area contributed by atoms with Crippen molar-refractivity contribution in [3.05, 3.63) is 33.1 Å². The summed E-state index contributed by atoms with van der Waals surface area (Å²) in [6.45, 7) is 1.43. The van der Waals surface area contributed by atoms with Crippen molar-refractivity contribution in [2.24, 2.45) is 0 Å². The summed E-state index contributed by atoms with van der Waals surface area (Å²) in [7, 11) is 0. The summed E-state index contributed by atoms with van der Waals surface area (Å²) >= 11 is 0. The number of unbranched alkanes of at least 4 members (excludes halogenated alkanes) is 1. The van der Waals surface area contributed by atoms with E-state index in [0.717, 1.165) is 10.6 Å². The Morgan fingerprint density at radius 3 is 2.69 bits per heavy atom. The Kier molecular flexibility index (Phi) is 6.70. The van der Waals surface area contributed by atoms with Gasteiger partial charge in [-0.15, -0.1) is 0 Å². The van der Waals surface area contributed by atoms with Crippen molar-refractivity contribution < 1.29 is 29.6 Å². The lowest BCUT2D eigenvalue weighted by molar-refractivity contribution is -0.156. The number of H-pyrrole nitrogens is 1. The molecule has 0 saturated carbocycles. The third-order valence-electron chi connectivity index (χ3n) is 4.40. The van der Waals surface area contributed by atoms with Crippen LogP contribution in [0.1, 0.15) is 32.6 Å². The second kappa shape index (κ2) is 8.58. The standard InChI is InChI=1S/C16H24N2O8/c1-2-25-12(21)5-3-4-7-16(14(23)13(22)10(9-19)26-16)18-8-6-11(20)17-15(18)24/h6,8,10,13-14,19,22-23H,2-5,7,9H2,1H3,(H,17,20,24)/t10-,13-,14-,16-/m1/s1. The quantitative estimate of drug-likeness (QED) is 0.315. The zero-order chi connectivity index (χ0) is 19.3. The van der Waals surface area contributed by atoms with E-state index in [9.17, 15) is 29.7 Å². The normalized spacial score (nSPS) is 28.2. The fraction of sp³-hybridized carbons (Fsp3) is 0.688. The van der Waals surface area contributed by atoms with Gasteiger partial charge in [0.15, 0.2) is 5.72 Å². The molecule has 146 valence electrons. The van der Waals surface area contributed by atoms with Crippen molar-refractivity contribution in [1.29, 1.82) is 0 Å². The molecule has 26 heavy (non-hydrogen) atoms. The van der Waals surface area contributed by atoms with Gasteiger partial charge in [-0.2, -0.15) is 0 Å². The fourth-order valence-electron chi connectivity index (χ4n) is 3.14. The van der Waals surface area contributed by atoms with Gasteiger partial charge in [0.2, 0.25) is 0 Å². The zero-order valence-electron chi connectivity index (χ0n) is 14.5. The van der Waals surface area contributed by atoms with Gasteiger partial charge in [0.1, 0.15) is 18.3 Å². The maximum atomic E-state index is 12.2. The monoisotopic (exact) mass is 372 g/mol. The summed E-state index contributed by atoms with van der Waals surface area (Å²) in [5.41, 5.74) is -3.09. The molecular weight excluding hydrogens is 348 g/mol. The molecule has 0 amide bonds. The van der Waals surface area contributed by atoms with Gasteiger partial charge in [0, 0.05) is 18.7 Å². The molecule has 2 heterocycles. The number of rotatable bonds is 8. The number of hydrogen-bond acceptors (Lipinski definition) is 8. The van der Waals surface area contributed by atoms with Gasteiger partial charge in [0.05, 0.1) is 13.2 Å². The fourth-order valence-corrected chi connectivity index (χ4v) is 3.14. The number of aliphatic hydroxyl groups excluding tert-OH is 3. The van der Waals surface area contributed by atoms with E-state index in [1.807, 2.05) is 0 Å². The smallest absolute Gasteiger partial charge is 0.330 e. The minimum absolute atomic E-state index is 0.0765. The second-order valence-electron chi connectivity index (χ2n) is 6.11. The molecule has 4 atom stereocenters. The largest absolute Gasteiger partial charge is 0.466 e. The van der Waals surface area contributed by atoms with Crippen molar-refractivity contribution in [2.75, 3.05) is 13.2 Å². The van der Waals surface area contributed by atoms with E-state index in [0.29, 0.717) is 12.8 Å². The summed E-state index contributed by atoms with van der Waals surface area (Å²) in [5.74, 6) is -0.357. The van der Waals surface area contributed by atoms with E-state index < -0.39 is 41.9 Å². The molecular formula is C16H24N2O8. The lowest BCUT2D eigenvalue weighted by atomic mass is 9.96. The van der Waals surface area contributed by atoms with E-state index in [2.05, 4.69) is 4.98 Å². The van der Waals surface area contributed by atoms with E-state index in [1.54, 1.807) is 6.92 Å². The Morgan fingerprint density at radius 2 is 2.12 bits per heavy atom. The van der Waals surface area contributed by atoms with E-state index >= 15 is 0 Å². The zero-order valence-corrected chi connectivity index (χ0v) is 14.5. The van der Waals surface area contributed by atoms with Gasteiger partial charge in [-0.3, -0.25) is 19.1 Å². The van der Waals surface area contributed by atoms with Crippen LogP contribution < -0.4 is 11.2 Å². The number of nitrogens with one attached hydrogen (secondary N) is 1. The molecule has 1 saturated heterocycles. The van der Waals surface area contributed by atoms with Gasteiger partial charge in [-0.1, -0.05) is 0 Å². The molecule has 1 aliphatic rings. The Balaban J connectivity index is 2.24. The number of carbonyl (C=O) groups is 1. The highest BCUT2D eigenvalue weighted by Crippen LogP contribution is 2.38. The molecule has 1 aromatic heterocycles. The maximum absolute atomic E-state index is 12.2. The average molecular weight is 372 g/mol. The third kappa shape index (κ3) is 4.04. The number of esters is 1. The first kappa shape index (κ1) is 20.3. The number of hydrogen-bond donors (Lipinski definition) is 4. The first-order valence-corrected chi connectivity index (χ1v) is 8.48. The Bertz CT molecular complexity index is 729. The van der Waals surface area contributed by atoms with Gasteiger partial charge in [0.25, 0.3) is 5.56 Å². The van der Waals surface area contributed by atoms with Gasteiger partial charge in [-0.05, 0) is 26.2 Å². The summed E-state index contributed by atoms with van der Waals surface area (Å²) in [5, 5.41) is 30.0. The van der Waals surface area contributed by atoms with Crippen LogP contribution in [0.5, 0.6) is 0 Å². The SMILES string of the molecule is CCOC(=O)CCCC[C@@]1(n2ccc(=O)[nH]c2=O)O[C@H](CO)[C@@H](O)[C@H]1O. The van der Waals surface area contributed by atoms with E-state index in [-0.39, 0.29) is 25.4 Å². The molecule has 1 aromatic rings. The molecule has 0 radical (unpaired) electrons. The van der Waals surface area contributed by atoms with Crippen molar-refractivity contribution in [3.63, 3.8) is 0 Å². The first-order chi connectivity index (χ1) is 12.4. The molecule has 10 nitrogen and oxygen atoms in total. The molecule has 0 spiro atoms. The molecule has 4 N–H and O–H groups in total. The van der Waals surface area contributed by atoms with Crippen LogP contribution in [0, 0.1) is 0 Å². The number of aromatic amines is 1. The summed E-state index contributed by atoms with van der Waals surface area (Å²) in [4.78, 5) is 37.0. The van der Waals surface area contributed by atoms with Crippen LogP contribution in [-0.2, 0) is 20.0 Å². The van der Waals surface area contributed by atoms with Gasteiger partial charge < -0.3 is 24.8 Å². The van der Waals surface area contributed by atoms with Crippen LogP contribution in [0.4, 0.5) is 0 Å². The first-order valence-electron chi connectivity index (χ1n) is 8.48. The van der Waals surface area contributed by atoms with Gasteiger partial charge >= 0.3 is 11.7 Å². The number of aromatic nitrogens is 2. The van der Waals surface area contributed by atoms with Crippen molar-refractivity contribution in [1.82, 2.24) is 9.55 Å². The van der Waals surface area contributed by atoms with Gasteiger partial charge in [-0.25, -0.2) is 4.79 Å². The van der Waals surface area contributed by atoms with Crippen molar-refractivity contribution in [2.45, 2.75) is 56.6 Å². The van der Waals surface area contributed by atoms with E-state index in [4.69, 9.17) is 9.47 Å². The third-order valence-corrected chi connectivity index (χ3v) is 4.40. The number of ether oxygens (including phenoxy) is 2. The minimum atomic E-state index is -1.66. The molecule has 10 heteroatoms. The summed E-state index contributed by atoms with van der Waals surface area (Å²) < 4.78 is 11.5. The molecule has 0 bridgehead atoms. The predicted octanol–water partition coefficient (Wildman–Crippen LogP) is -1.57. The highest BCUT2D eigenvalue weighted by molar-refractivity contribution is 5.69.